The maximum absolute atomic E-state index is 13.7. The maximum atomic E-state index is 13.7. The molecule has 3 nitrogen and oxygen atoms in total. The number of hydrogen-bond donors (Lipinski definition) is 0. The second-order valence-corrected chi connectivity index (χ2v) is 5.00. The lowest BCUT2D eigenvalue weighted by atomic mass is 10.2. The molecular weight excluding hydrogens is 302 g/mol. The van der Waals surface area contributed by atoms with E-state index in [1.54, 1.807) is 31.3 Å². The Hall–Kier alpha value is -1.65. The average Bonchev–Trinajstić information content (AvgIpc) is 2.42. The zero-order chi connectivity index (χ0) is 14.7. The number of halogens is 3. The number of aromatic nitrogens is 1. The minimum atomic E-state index is -0.448. The lowest BCUT2D eigenvalue weighted by Crippen LogP contribution is -2.27. The first kappa shape index (κ1) is 14.8. The van der Waals surface area contributed by atoms with E-state index in [2.05, 4.69) is 4.98 Å². The Kier molecular flexibility index (Phi) is 4.57. The van der Waals surface area contributed by atoms with Crippen LogP contribution in [0.3, 0.4) is 0 Å². The van der Waals surface area contributed by atoms with E-state index in [9.17, 15) is 9.18 Å². The van der Waals surface area contributed by atoms with Crippen LogP contribution in [0.2, 0.25) is 10.2 Å². The minimum absolute atomic E-state index is 0.0541. The standard InChI is InChI=1S/C14H11Cl2FN2O/c1-19(8-9-10(15)4-2-5-11(9)17)14(20)12-6-3-7-13(16)18-12/h2-7H,8H2,1H3. The number of pyridine rings is 1. The van der Waals surface area contributed by atoms with E-state index in [-0.39, 0.29) is 33.9 Å². The van der Waals surface area contributed by atoms with Crippen LogP contribution in [0.4, 0.5) is 4.39 Å². The van der Waals surface area contributed by atoms with Crippen LogP contribution < -0.4 is 0 Å². The van der Waals surface area contributed by atoms with Gasteiger partial charge in [-0.1, -0.05) is 35.3 Å². The van der Waals surface area contributed by atoms with Crippen molar-refractivity contribution in [3.05, 3.63) is 63.6 Å². The topological polar surface area (TPSA) is 33.2 Å². The normalized spacial score (nSPS) is 10.4. The van der Waals surface area contributed by atoms with Crippen LogP contribution in [0.5, 0.6) is 0 Å². The molecule has 0 unspecified atom stereocenters. The molecule has 0 saturated heterocycles. The minimum Gasteiger partial charge on any atom is -0.336 e. The molecule has 1 aromatic carbocycles. The summed E-state index contributed by atoms with van der Waals surface area (Å²) < 4.78 is 13.7. The third kappa shape index (κ3) is 3.26. The van der Waals surface area contributed by atoms with Gasteiger partial charge in [-0.3, -0.25) is 4.79 Å². The fourth-order valence-electron chi connectivity index (χ4n) is 1.72. The molecule has 2 aromatic rings. The summed E-state index contributed by atoms with van der Waals surface area (Å²) in [5.74, 6) is -0.803. The SMILES string of the molecule is CN(Cc1c(F)cccc1Cl)C(=O)c1cccc(Cl)n1. The molecule has 0 bridgehead atoms. The summed E-state index contributed by atoms with van der Waals surface area (Å²) in [6, 6.07) is 9.15. The molecule has 1 heterocycles. The molecule has 0 aliphatic carbocycles. The lowest BCUT2D eigenvalue weighted by Gasteiger charge is -2.18. The Balaban J connectivity index is 2.20. The van der Waals surface area contributed by atoms with Gasteiger partial charge in [-0.05, 0) is 24.3 Å². The van der Waals surface area contributed by atoms with Crippen LogP contribution in [-0.2, 0) is 6.54 Å². The first-order chi connectivity index (χ1) is 9.49. The molecule has 6 heteroatoms. The number of carbonyl (C=O) groups excluding carboxylic acids is 1. The van der Waals surface area contributed by atoms with Crippen molar-refractivity contribution < 1.29 is 9.18 Å². The monoisotopic (exact) mass is 312 g/mol. The highest BCUT2D eigenvalue weighted by molar-refractivity contribution is 6.31. The summed E-state index contributed by atoms with van der Waals surface area (Å²) in [6.07, 6.45) is 0. The van der Waals surface area contributed by atoms with Crippen LogP contribution in [0.1, 0.15) is 16.1 Å². The maximum Gasteiger partial charge on any atom is 0.272 e. The highest BCUT2D eigenvalue weighted by atomic mass is 35.5. The van der Waals surface area contributed by atoms with Gasteiger partial charge in [0.15, 0.2) is 0 Å². The van der Waals surface area contributed by atoms with E-state index in [1.807, 2.05) is 0 Å². The molecule has 0 aliphatic heterocycles. The summed E-state index contributed by atoms with van der Waals surface area (Å²) >= 11 is 11.7. The molecule has 0 atom stereocenters. The number of nitrogens with zero attached hydrogens (tertiary/aromatic N) is 2. The van der Waals surface area contributed by atoms with Crippen LogP contribution in [0.25, 0.3) is 0 Å². The Morgan fingerprint density at radius 2 is 1.95 bits per heavy atom. The van der Waals surface area contributed by atoms with Gasteiger partial charge in [-0.15, -0.1) is 0 Å². The summed E-state index contributed by atoms with van der Waals surface area (Å²) in [5.41, 5.74) is 0.472. The van der Waals surface area contributed by atoms with Crippen molar-refractivity contribution in [2.75, 3.05) is 7.05 Å². The molecule has 2 rings (SSSR count). The fourth-order valence-corrected chi connectivity index (χ4v) is 2.10. The van der Waals surface area contributed by atoms with Gasteiger partial charge in [0, 0.05) is 17.6 Å². The lowest BCUT2D eigenvalue weighted by molar-refractivity contribution is 0.0778. The van der Waals surface area contributed by atoms with Gasteiger partial charge in [-0.25, -0.2) is 9.37 Å². The molecule has 0 aliphatic rings. The predicted molar refractivity (Wildman–Crippen MR) is 76.5 cm³/mol. The van der Waals surface area contributed by atoms with Gasteiger partial charge < -0.3 is 4.90 Å². The number of hydrogen-bond acceptors (Lipinski definition) is 2. The van der Waals surface area contributed by atoms with E-state index in [0.717, 1.165) is 0 Å². The highest BCUT2D eigenvalue weighted by Gasteiger charge is 2.17. The first-order valence-electron chi connectivity index (χ1n) is 5.80. The van der Waals surface area contributed by atoms with Gasteiger partial charge in [0.2, 0.25) is 0 Å². The smallest absolute Gasteiger partial charge is 0.272 e. The summed E-state index contributed by atoms with van der Waals surface area (Å²) in [4.78, 5) is 17.4. The molecule has 1 amide bonds. The molecule has 0 fully saturated rings. The number of amides is 1. The van der Waals surface area contributed by atoms with Gasteiger partial charge >= 0.3 is 0 Å². The van der Waals surface area contributed by atoms with E-state index in [4.69, 9.17) is 23.2 Å². The Morgan fingerprint density at radius 3 is 2.60 bits per heavy atom. The largest absolute Gasteiger partial charge is 0.336 e. The zero-order valence-electron chi connectivity index (χ0n) is 10.6. The molecule has 104 valence electrons. The first-order valence-corrected chi connectivity index (χ1v) is 6.55. The second-order valence-electron chi connectivity index (χ2n) is 4.21. The van der Waals surface area contributed by atoms with E-state index < -0.39 is 5.82 Å². The molecular formula is C14H11Cl2FN2O. The van der Waals surface area contributed by atoms with Crippen molar-refractivity contribution in [2.45, 2.75) is 6.54 Å². The van der Waals surface area contributed by atoms with Crippen molar-refractivity contribution in [1.82, 2.24) is 9.88 Å². The fraction of sp³-hybridized carbons (Fsp3) is 0.143. The summed E-state index contributed by atoms with van der Waals surface area (Å²) in [5, 5.41) is 0.511. The van der Waals surface area contributed by atoms with Crippen LogP contribution in [0, 0.1) is 5.82 Å². The van der Waals surface area contributed by atoms with Crippen molar-refractivity contribution in [1.29, 1.82) is 0 Å². The third-order valence-corrected chi connectivity index (χ3v) is 3.30. The van der Waals surface area contributed by atoms with Crippen molar-refractivity contribution in [2.24, 2.45) is 0 Å². The van der Waals surface area contributed by atoms with Crippen LogP contribution >= 0.6 is 23.2 Å². The Bertz CT molecular complexity index is 629. The molecule has 0 N–H and O–H groups in total. The quantitative estimate of drug-likeness (QED) is 0.808. The molecule has 1 aromatic heterocycles. The van der Waals surface area contributed by atoms with Crippen LogP contribution in [-0.4, -0.2) is 22.8 Å². The van der Waals surface area contributed by atoms with Crippen molar-refractivity contribution in [3.8, 4) is 0 Å². The number of benzene rings is 1. The van der Waals surface area contributed by atoms with E-state index in [1.165, 1.54) is 17.0 Å². The summed E-state index contributed by atoms with van der Waals surface area (Å²) in [7, 11) is 1.55. The molecule has 20 heavy (non-hydrogen) atoms. The number of rotatable bonds is 3. The Morgan fingerprint density at radius 1 is 1.25 bits per heavy atom. The summed E-state index contributed by atoms with van der Waals surface area (Å²) in [6.45, 7) is 0.0541. The van der Waals surface area contributed by atoms with Crippen molar-refractivity contribution >= 4 is 29.1 Å². The molecule has 0 spiro atoms. The van der Waals surface area contributed by atoms with Crippen LogP contribution in [0.15, 0.2) is 36.4 Å². The molecule has 0 radical (unpaired) electrons. The number of carbonyl (C=O) groups is 1. The van der Waals surface area contributed by atoms with Crippen molar-refractivity contribution in [3.63, 3.8) is 0 Å². The Labute approximate surface area is 125 Å². The van der Waals surface area contributed by atoms with Gasteiger partial charge in [0.25, 0.3) is 5.91 Å². The zero-order valence-corrected chi connectivity index (χ0v) is 12.1. The van der Waals surface area contributed by atoms with Gasteiger partial charge in [-0.2, -0.15) is 0 Å². The second kappa shape index (κ2) is 6.20. The van der Waals surface area contributed by atoms with Gasteiger partial charge in [0.1, 0.15) is 16.7 Å². The van der Waals surface area contributed by atoms with Gasteiger partial charge in [0.05, 0.1) is 6.54 Å². The predicted octanol–water partition coefficient (Wildman–Crippen LogP) is 3.80. The average molecular weight is 313 g/mol. The molecule has 0 saturated carbocycles. The third-order valence-electron chi connectivity index (χ3n) is 2.74. The highest BCUT2D eigenvalue weighted by Crippen LogP contribution is 2.21. The van der Waals surface area contributed by atoms with E-state index >= 15 is 0 Å². The van der Waals surface area contributed by atoms with E-state index in [0.29, 0.717) is 0 Å².